The molecule has 0 rings (SSSR count). The Hall–Kier alpha value is -0.400. The van der Waals surface area contributed by atoms with Crippen molar-refractivity contribution in [2.45, 2.75) is 112 Å². The zero-order valence-electron chi connectivity index (χ0n) is 31.6. The summed E-state index contributed by atoms with van der Waals surface area (Å²) in [7, 11) is 4.10. The van der Waals surface area contributed by atoms with E-state index in [1.807, 2.05) is 20.8 Å². The molecule has 0 aliphatic heterocycles. The van der Waals surface area contributed by atoms with Crippen LogP contribution in [0.15, 0.2) is 0 Å². The van der Waals surface area contributed by atoms with E-state index >= 15 is 0 Å². The van der Waals surface area contributed by atoms with E-state index in [2.05, 4.69) is 56.5 Å². The molecule has 0 heterocycles. The standard InChI is InChI=1S/C11H26N2.C7H18N2.C6H15NO.C5H14N2.C5H13NO/c1-3-5-9-13(10-6-4-2)11-7-8-12;1-3-9(4-2)7-5-6-8;1-6(2)8-5-3-4-7;1-7(2)5-3-4-6;1-2-7-5-3-4-6/h3-12H2,1-2H3;3-8H2,1-2H3;6H,3-5,7H2,1-2H3;3-6H2,1-2H3;2-6H2,1H3. The molecule has 0 aromatic heterocycles. The minimum Gasteiger partial charge on any atom is -0.382 e. The summed E-state index contributed by atoms with van der Waals surface area (Å²) in [6.45, 7) is 29.5. The summed E-state index contributed by atoms with van der Waals surface area (Å²) in [5, 5.41) is 0. The maximum atomic E-state index is 5.51. The van der Waals surface area contributed by atoms with Gasteiger partial charge in [0.15, 0.2) is 0 Å². The lowest BCUT2D eigenvalue weighted by atomic mass is 10.2. The van der Waals surface area contributed by atoms with Gasteiger partial charge >= 0.3 is 0 Å². The van der Waals surface area contributed by atoms with Crippen molar-refractivity contribution in [3.05, 3.63) is 0 Å². The average molecular weight is 639 g/mol. The molecule has 0 aromatic carbocycles. The Morgan fingerprint density at radius 1 is 0.500 bits per heavy atom. The van der Waals surface area contributed by atoms with Crippen LogP contribution in [0.3, 0.4) is 0 Å². The minimum atomic E-state index is 0.349. The second-order valence-electron chi connectivity index (χ2n) is 11.2. The van der Waals surface area contributed by atoms with Gasteiger partial charge in [-0.15, -0.1) is 0 Å². The molecule has 44 heavy (non-hydrogen) atoms. The third-order valence-electron chi connectivity index (χ3n) is 6.21. The van der Waals surface area contributed by atoms with Crippen LogP contribution in [0, 0.1) is 0 Å². The predicted molar refractivity (Wildman–Crippen MR) is 199 cm³/mol. The van der Waals surface area contributed by atoms with Crippen molar-refractivity contribution < 1.29 is 9.47 Å². The molecule has 10 heteroatoms. The number of rotatable bonds is 25. The van der Waals surface area contributed by atoms with E-state index in [1.54, 1.807) is 0 Å². The summed E-state index contributed by atoms with van der Waals surface area (Å²) < 4.78 is 10.2. The summed E-state index contributed by atoms with van der Waals surface area (Å²) in [6.07, 6.45) is 10.9. The molecule has 0 atom stereocenters. The highest BCUT2D eigenvalue weighted by Crippen LogP contribution is 1.99. The van der Waals surface area contributed by atoms with Gasteiger partial charge in [0.2, 0.25) is 0 Å². The molecular weight excluding hydrogens is 552 g/mol. The SMILES string of the molecule is CC(C)OCCCN.CCCCN(CCCC)CCCN.CCN(CC)CCCN.CCOCCCN.CN(C)CCCN. The summed E-state index contributed by atoms with van der Waals surface area (Å²) in [5.74, 6) is 0. The number of unbranched alkanes of at least 4 members (excludes halogenated alkanes) is 2. The first-order valence-electron chi connectivity index (χ1n) is 17.9. The summed E-state index contributed by atoms with van der Waals surface area (Å²) in [6, 6.07) is 0. The molecule has 0 bridgehead atoms. The normalized spacial score (nSPS) is 10.5. The lowest BCUT2D eigenvalue weighted by Gasteiger charge is -2.21. The van der Waals surface area contributed by atoms with Crippen molar-refractivity contribution in [3.8, 4) is 0 Å². The van der Waals surface area contributed by atoms with Crippen molar-refractivity contribution >= 4 is 0 Å². The maximum absolute atomic E-state index is 5.51. The van der Waals surface area contributed by atoms with E-state index in [0.29, 0.717) is 6.10 Å². The smallest absolute Gasteiger partial charge is 0.0518 e. The lowest BCUT2D eigenvalue weighted by Crippen LogP contribution is -2.28. The summed E-state index contributed by atoms with van der Waals surface area (Å²) in [4.78, 5) is 7.07. The maximum Gasteiger partial charge on any atom is 0.0518 e. The van der Waals surface area contributed by atoms with Gasteiger partial charge in [-0.25, -0.2) is 0 Å². The molecule has 0 saturated carbocycles. The topological polar surface area (TPSA) is 158 Å². The second kappa shape index (κ2) is 52.1. The molecule has 0 fully saturated rings. The van der Waals surface area contributed by atoms with Crippen molar-refractivity contribution in [1.29, 1.82) is 0 Å². The minimum absolute atomic E-state index is 0.349. The zero-order valence-corrected chi connectivity index (χ0v) is 31.6. The van der Waals surface area contributed by atoms with E-state index in [4.69, 9.17) is 38.1 Å². The van der Waals surface area contributed by atoms with E-state index in [-0.39, 0.29) is 0 Å². The fraction of sp³-hybridized carbons (Fsp3) is 1.00. The Bertz CT molecular complexity index is 409. The second-order valence-corrected chi connectivity index (χ2v) is 11.2. The van der Waals surface area contributed by atoms with Crippen LogP contribution in [0.25, 0.3) is 0 Å². The number of ether oxygens (including phenoxy) is 2. The Labute approximate surface area is 277 Å². The fourth-order valence-corrected chi connectivity index (χ4v) is 3.41. The van der Waals surface area contributed by atoms with Crippen LogP contribution in [0.4, 0.5) is 0 Å². The van der Waals surface area contributed by atoms with Gasteiger partial charge in [0, 0.05) is 19.8 Å². The molecule has 10 nitrogen and oxygen atoms in total. The van der Waals surface area contributed by atoms with Crippen molar-refractivity contribution in [2.24, 2.45) is 28.7 Å². The van der Waals surface area contributed by atoms with Crippen LogP contribution < -0.4 is 28.7 Å². The largest absolute Gasteiger partial charge is 0.382 e. The van der Waals surface area contributed by atoms with E-state index in [1.165, 1.54) is 45.3 Å². The van der Waals surface area contributed by atoms with Crippen molar-refractivity contribution in [1.82, 2.24) is 14.7 Å². The Morgan fingerprint density at radius 3 is 1.20 bits per heavy atom. The van der Waals surface area contributed by atoms with E-state index < -0.39 is 0 Å². The quantitative estimate of drug-likeness (QED) is 0.0928. The van der Waals surface area contributed by atoms with Crippen LogP contribution in [0.5, 0.6) is 0 Å². The number of nitrogens with two attached hydrogens (primary N) is 5. The van der Waals surface area contributed by atoms with Crippen LogP contribution in [0.1, 0.15) is 106 Å². The van der Waals surface area contributed by atoms with Crippen LogP contribution >= 0.6 is 0 Å². The number of hydrogen-bond donors (Lipinski definition) is 5. The van der Waals surface area contributed by atoms with Crippen LogP contribution in [0.2, 0.25) is 0 Å². The summed E-state index contributed by atoms with van der Waals surface area (Å²) >= 11 is 0. The Morgan fingerprint density at radius 2 is 0.886 bits per heavy atom. The van der Waals surface area contributed by atoms with Gasteiger partial charge < -0.3 is 52.8 Å². The fourth-order valence-electron chi connectivity index (χ4n) is 3.41. The molecule has 0 radical (unpaired) electrons. The predicted octanol–water partition coefficient (Wildman–Crippen LogP) is 3.94. The molecule has 0 spiro atoms. The highest BCUT2D eigenvalue weighted by Gasteiger charge is 2.02. The van der Waals surface area contributed by atoms with Crippen molar-refractivity contribution in [2.75, 3.05) is 112 Å². The van der Waals surface area contributed by atoms with Gasteiger partial charge in [0.05, 0.1) is 6.10 Å². The van der Waals surface area contributed by atoms with Crippen molar-refractivity contribution in [3.63, 3.8) is 0 Å². The van der Waals surface area contributed by atoms with Gasteiger partial charge in [0.1, 0.15) is 0 Å². The molecule has 0 aliphatic carbocycles. The third kappa shape index (κ3) is 64.5. The third-order valence-corrected chi connectivity index (χ3v) is 6.21. The first kappa shape index (κ1) is 53.1. The average Bonchev–Trinajstić information content (AvgIpc) is 3.02. The van der Waals surface area contributed by atoms with E-state index in [0.717, 1.165) is 111 Å². The molecular formula is C34H86N8O2. The molecule has 10 N–H and O–H groups in total. The highest BCUT2D eigenvalue weighted by atomic mass is 16.5. The van der Waals surface area contributed by atoms with Crippen LogP contribution in [-0.4, -0.2) is 133 Å². The van der Waals surface area contributed by atoms with Crippen LogP contribution in [-0.2, 0) is 9.47 Å². The molecule has 0 aliphatic rings. The van der Waals surface area contributed by atoms with Gasteiger partial charge in [-0.3, -0.25) is 0 Å². The molecule has 274 valence electrons. The lowest BCUT2D eigenvalue weighted by molar-refractivity contribution is 0.0782. The van der Waals surface area contributed by atoms with E-state index in [9.17, 15) is 0 Å². The molecule has 0 aromatic rings. The number of hydrogen-bond acceptors (Lipinski definition) is 10. The first-order chi connectivity index (χ1) is 21.1. The van der Waals surface area contributed by atoms with Gasteiger partial charge in [-0.2, -0.15) is 0 Å². The zero-order chi connectivity index (χ0) is 34.7. The first-order valence-corrected chi connectivity index (χ1v) is 17.9. The Kier molecular flexibility index (Phi) is 62.9. The Balaban J connectivity index is -0.000000147. The molecule has 0 saturated heterocycles. The molecule has 0 amide bonds. The monoisotopic (exact) mass is 639 g/mol. The number of nitrogens with zero attached hydrogens (tertiary/aromatic N) is 3. The van der Waals surface area contributed by atoms with Gasteiger partial charge in [-0.05, 0) is 158 Å². The van der Waals surface area contributed by atoms with Gasteiger partial charge in [0.25, 0.3) is 0 Å². The van der Waals surface area contributed by atoms with Gasteiger partial charge in [-0.1, -0.05) is 40.5 Å². The molecule has 0 unspecified atom stereocenters. The summed E-state index contributed by atoms with van der Waals surface area (Å²) in [5.41, 5.74) is 26.5. The highest BCUT2D eigenvalue weighted by molar-refractivity contribution is 4.58.